The molecule has 1 unspecified atom stereocenters. The van der Waals surface area contributed by atoms with Crippen LogP contribution < -0.4 is 0 Å². The Hall–Kier alpha value is -2.06. The number of hydrogen-bond donors (Lipinski definition) is 0. The minimum atomic E-state index is -4.95. The van der Waals surface area contributed by atoms with Gasteiger partial charge in [0.25, 0.3) is 0 Å². The van der Waals surface area contributed by atoms with Crippen LogP contribution in [0, 0.1) is 5.92 Å². The predicted octanol–water partition coefficient (Wildman–Crippen LogP) is 3.06. The smallest absolute Gasteiger partial charge is 0.406 e. The molecule has 0 aromatic heterocycles. The molecule has 3 nitrogen and oxygen atoms in total. The van der Waals surface area contributed by atoms with Gasteiger partial charge in [-0.1, -0.05) is 0 Å². The van der Waals surface area contributed by atoms with Crippen LogP contribution in [0.5, 0.6) is 0 Å². The largest absolute Gasteiger partial charge is 0.573 e. The summed E-state index contributed by atoms with van der Waals surface area (Å²) in [5, 5.41) is 0. The second-order valence-electron chi connectivity index (χ2n) is 3.89. The standard InChI is InChI=1S/C11H5F6NO2/c12-10(13,14)9-4-8(19)6-3-5(20-11(15,16)17)1-2-7(6)18-9/h1-4,6H. The first kappa shape index (κ1) is 14.4. The van der Waals surface area contributed by atoms with E-state index in [9.17, 15) is 31.1 Å². The number of aliphatic imine (C=N–C) groups is 1. The fourth-order valence-corrected chi connectivity index (χ4v) is 1.65. The van der Waals surface area contributed by atoms with Crippen molar-refractivity contribution in [2.75, 3.05) is 0 Å². The van der Waals surface area contributed by atoms with Gasteiger partial charge >= 0.3 is 12.5 Å². The third-order valence-corrected chi connectivity index (χ3v) is 2.43. The maximum atomic E-state index is 12.4. The van der Waals surface area contributed by atoms with Crippen molar-refractivity contribution in [2.24, 2.45) is 10.9 Å². The molecule has 9 heteroatoms. The zero-order valence-corrected chi connectivity index (χ0v) is 9.42. The van der Waals surface area contributed by atoms with Gasteiger partial charge in [-0.2, -0.15) is 13.2 Å². The highest BCUT2D eigenvalue weighted by molar-refractivity contribution is 6.18. The molecule has 1 aliphatic carbocycles. The third kappa shape index (κ3) is 3.09. The summed E-state index contributed by atoms with van der Waals surface area (Å²) in [7, 11) is 0. The molecular formula is C11H5F6NO2. The average Bonchev–Trinajstić information content (AvgIpc) is 2.26. The number of allylic oxidation sites excluding steroid dienone is 5. The molecule has 1 heterocycles. The van der Waals surface area contributed by atoms with Gasteiger partial charge in [0.15, 0.2) is 5.78 Å². The molecule has 1 atom stereocenters. The maximum Gasteiger partial charge on any atom is 0.573 e. The maximum absolute atomic E-state index is 12.4. The summed E-state index contributed by atoms with van der Waals surface area (Å²) in [6, 6.07) is 0. The summed E-state index contributed by atoms with van der Waals surface area (Å²) in [6.07, 6.45) is -7.02. The first-order valence-electron chi connectivity index (χ1n) is 5.13. The molecule has 0 spiro atoms. The molecule has 0 aromatic carbocycles. The Bertz CT molecular complexity index is 564. The third-order valence-electron chi connectivity index (χ3n) is 2.43. The van der Waals surface area contributed by atoms with E-state index in [0.717, 1.165) is 18.2 Å². The van der Waals surface area contributed by atoms with E-state index in [1.54, 1.807) is 0 Å². The molecule has 0 radical (unpaired) electrons. The molecule has 108 valence electrons. The minimum Gasteiger partial charge on any atom is -0.406 e. The lowest BCUT2D eigenvalue weighted by atomic mass is 9.90. The van der Waals surface area contributed by atoms with Gasteiger partial charge in [0.05, 0.1) is 11.6 Å². The second-order valence-corrected chi connectivity index (χ2v) is 3.89. The van der Waals surface area contributed by atoms with Crippen LogP contribution in [0.3, 0.4) is 0 Å². The molecule has 2 rings (SSSR count). The lowest BCUT2D eigenvalue weighted by molar-refractivity contribution is -0.303. The van der Waals surface area contributed by atoms with Crippen LogP contribution >= 0.6 is 0 Å². The van der Waals surface area contributed by atoms with Gasteiger partial charge in [-0.15, -0.1) is 13.2 Å². The lowest BCUT2D eigenvalue weighted by Crippen LogP contribution is -2.29. The Labute approximate surface area is 107 Å². The number of carbonyl (C=O) groups is 1. The van der Waals surface area contributed by atoms with Crippen LogP contribution in [0.2, 0.25) is 0 Å². The van der Waals surface area contributed by atoms with Crippen LogP contribution in [0.15, 0.2) is 40.8 Å². The molecule has 0 saturated heterocycles. The van der Waals surface area contributed by atoms with Crippen molar-refractivity contribution in [3.05, 3.63) is 35.8 Å². The number of ether oxygens (including phenoxy) is 1. The molecule has 0 aromatic rings. The van der Waals surface area contributed by atoms with E-state index in [-0.39, 0.29) is 11.8 Å². The van der Waals surface area contributed by atoms with E-state index in [1.807, 2.05) is 0 Å². The number of alkyl halides is 6. The number of hydrogen-bond acceptors (Lipinski definition) is 3. The van der Waals surface area contributed by atoms with Gasteiger partial charge in [-0.3, -0.25) is 4.79 Å². The number of halogens is 6. The zero-order valence-electron chi connectivity index (χ0n) is 9.42. The Kier molecular flexibility index (Phi) is 3.23. The van der Waals surface area contributed by atoms with Gasteiger partial charge in [0.2, 0.25) is 0 Å². The quantitative estimate of drug-likeness (QED) is 0.698. The van der Waals surface area contributed by atoms with E-state index >= 15 is 0 Å². The number of rotatable bonds is 1. The van der Waals surface area contributed by atoms with Gasteiger partial charge in [-0.05, 0) is 18.2 Å². The van der Waals surface area contributed by atoms with E-state index in [1.165, 1.54) is 0 Å². The molecule has 0 fully saturated rings. The predicted molar refractivity (Wildman–Crippen MR) is 54.4 cm³/mol. The number of ketones is 1. The molecule has 0 N–H and O–H groups in total. The highest BCUT2D eigenvalue weighted by Crippen LogP contribution is 2.33. The molecule has 0 amide bonds. The Morgan fingerprint density at radius 3 is 2.30 bits per heavy atom. The van der Waals surface area contributed by atoms with Crippen LogP contribution in [-0.2, 0) is 9.53 Å². The SMILES string of the molecule is O=C1C=C(C(F)(F)F)N=C2C=CC(OC(F)(F)F)=CC12. The number of fused-ring (bicyclic) bond motifs is 1. The summed E-state index contributed by atoms with van der Waals surface area (Å²) >= 11 is 0. The van der Waals surface area contributed by atoms with Gasteiger partial charge in [0.1, 0.15) is 11.5 Å². The summed E-state index contributed by atoms with van der Waals surface area (Å²) in [6.45, 7) is 0. The van der Waals surface area contributed by atoms with Gasteiger partial charge < -0.3 is 4.74 Å². The Morgan fingerprint density at radius 1 is 1.10 bits per heavy atom. The highest BCUT2D eigenvalue weighted by atomic mass is 19.4. The van der Waals surface area contributed by atoms with Crippen molar-refractivity contribution < 1.29 is 35.9 Å². The number of nitrogens with zero attached hydrogens (tertiary/aromatic N) is 1. The molecular weight excluding hydrogens is 292 g/mol. The van der Waals surface area contributed by atoms with Crippen LogP contribution in [0.25, 0.3) is 0 Å². The summed E-state index contributed by atoms with van der Waals surface area (Å²) in [5.41, 5.74) is -1.66. The summed E-state index contributed by atoms with van der Waals surface area (Å²) < 4.78 is 76.9. The Morgan fingerprint density at radius 2 is 1.75 bits per heavy atom. The van der Waals surface area contributed by atoms with Crippen LogP contribution in [-0.4, -0.2) is 24.0 Å². The van der Waals surface area contributed by atoms with Crippen LogP contribution in [0.1, 0.15) is 0 Å². The average molecular weight is 297 g/mol. The highest BCUT2D eigenvalue weighted by Gasteiger charge is 2.40. The topological polar surface area (TPSA) is 38.7 Å². The summed E-state index contributed by atoms with van der Waals surface area (Å²) in [5.74, 6) is -2.97. The van der Waals surface area contributed by atoms with Gasteiger partial charge in [0, 0.05) is 6.08 Å². The van der Waals surface area contributed by atoms with Crippen molar-refractivity contribution in [2.45, 2.75) is 12.5 Å². The van der Waals surface area contributed by atoms with Gasteiger partial charge in [-0.25, -0.2) is 4.99 Å². The van der Waals surface area contributed by atoms with Crippen molar-refractivity contribution in [1.29, 1.82) is 0 Å². The molecule has 1 aliphatic heterocycles. The van der Waals surface area contributed by atoms with Crippen molar-refractivity contribution in [3.8, 4) is 0 Å². The summed E-state index contributed by atoms with van der Waals surface area (Å²) in [4.78, 5) is 14.7. The molecule has 0 bridgehead atoms. The van der Waals surface area contributed by atoms with E-state index in [2.05, 4.69) is 9.73 Å². The monoisotopic (exact) mass is 297 g/mol. The molecule has 20 heavy (non-hydrogen) atoms. The second kappa shape index (κ2) is 4.50. The Balaban J connectivity index is 2.28. The fraction of sp³-hybridized carbons (Fsp3) is 0.273. The fourth-order valence-electron chi connectivity index (χ4n) is 1.65. The van der Waals surface area contributed by atoms with E-state index < -0.39 is 35.7 Å². The zero-order chi connectivity index (χ0) is 15.1. The van der Waals surface area contributed by atoms with Crippen LogP contribution in [0.4, 0.5) is 26.3 Å². The van der Waals surface area contributed by atoms with Crippen molar-refractivity contribution >= 4 is 11.5 Å². The first-order valence-corrected chi connectivity index (χ1v) is 5.13. The van der Waals surface area contributed by atoms with E-state index in [4.69, 9.17) is 0 Å². The first-order chi connectivity index (χ1) is 9.06. The lowest BCUT2D eigenvalue weighted by Gasteiger charge is -2.22. The number of carbonyl (C=O) groups excluding carboxylic acids is 1. The molecule has 0 saturated carbocycles. The van der Waals surface area contributed by atoms with E-state index in [0.29, 0.717) is 0 Å². The van der Waals surface area contributed by atoms with Crippen molar-refractivity contribution in [3.63, 3.8) is 0 Å². The molecule has 2 aliphatic rings. The minimum absolute atomic E-state index is 0.259. The van der Waals surface area contributed by atoms with Crippen molar-refractivity contribution in [1.82, 2.24) is 0 Å². The normalized spacial score (nSPS) is 22.8.